The molecular weight excluding hydrogens is 371 g/mol. The first-order valence-corrected chi connectivity index (χ1v) is 10.1. The zero-order chi connectivity index (χ0) is 16.8. The molecule has 4 nitrogen and oxygen atoms in total. The Morgan fingerprint density at radius 1 is 1.00 bits per heavy atom. The first-order valence-electron chi connectivity index (χ1n) is 6.40. The van der Waals surface area contributed by atoms with Crippen LogP contribution in [0, 0.1) is 16.6 Å². The molecule has 0 saturated heterocycles. The van der Waals surface area contributed by atoms with E-state index in [1.807, 2.05) is 10.8 Å². The lowest BCUT2D eigenvalue weighted by Gasteiger charge is -2.09. The van der Waals surface area contributed by atoms with Crippen LogP contribution in [0.5, 0.6) is 0 Å². The molecule has 9 heteroatoms. The fourth-order valence-electron chi connectivity index (χ4n) is 1.70. The highest BCUT2D eigenvalue weighted by molar-refractivity contribution is 8.13. The summed E-state index contributed by atoms with van der Waals surface area (Å²) in [6.07, 6.45) is 0. The molecule has 0 aliphatic carbocycles. The molecular formula is C14H15FN4S4. The highest BCUT2D eigenvalue weighted by atomic mass is 32.2. The van der Waals surface area contributed by atoms with E-state index in [2.05, 4.69) is 0 Å². The molecule has 122 valence electrons. The summed E-state index contributed by atoms with van der Waals surface area (Å²) in [4.78, 5) is 2.01. The Bertz CT molecular complexity index is 717. The predicted molar refractivity (Wildman–Crippen MR) is 101 cm³/mol. The molecule has 0 unspecified atom stereocenters. The zero-order valence-electron chi connectivity index (χ0n) is 12.0. The summed E-state index contributed by atoms with van der Waals surface area (Å²) in [6, 6.07) is 4.66. The van der Waals surface area contributed by atoms with Gasteiger partial charge >= 0.3 is 0 Å². The topological polar surface area (TPSA) is 99.7 Å². The Morgan fingerprint density at radius 3 is 2.30 bits per heavy atom. The van der Waals surface area contributed by atoms with E-state index in [0.29, 0.717) is 11.5 Å². The molecule has 2 aromatic rings. The Kier molecular flexibility index (Phi) is 6.82. The Hall–Kier alpha value is -1.16. The van der Waals surface area contributed by atoms with Crippen LogP contribution in [-0.2, 0) is 11.5 Å². The fraction of sp³-hybridized carbons (Fsp3) is 0.143. The zero-order valence-corrected chi connectivity index (χ0v) is 15.2. The summed E-state index contributed by atoms with van der Waals surface area (Å²) in [6.45, 7) is 0. The minimum Gasteiger partial charge on any atom is -0.379 e. The van der Waals surface area contributed by atoms with Crippen LogP contribution in [0.1, 0.15) is 11.1 Å². The van der Waals surface area contributed by atoms with Crippen LogP contribution in [0.2, 0.25) is 0 Å². The molecule has 0 bridgehead atoms. The summed E-state index contributed by atoms with van der Waals surface area (Å²) < 4.78 is 13.5. The van der Waals surface area contributed by atoms with E-state index in [0.717, 1.165) is 20.9 Å². The Labute approximate surface area is 150 Å². The van der Waals surface area contributed by atoms with Crippen LogP contribution < -0.4 is 11.5 Å². The van der Waals surface area contributed by atoms with Crippen molar-refractivity contribution in [2.45, 2.75) is 21.3 Å². The van der Waals surface area contributed by atoms with Crippen molar-refractivity contribution >= 4 is 57.0 Å². The van der Waals surface area contributed by atoms with E-state index < -0.39 is 0 Å². The van der Waals surface area contributed by atoms with Gasteiger partial charge in [0.15, 0.2) is 10.3 Å². The maximum atomic E-state index is 13.5. The van der Waals surface area contributed by atoms with Crippen molar-refractivity contribution in [1.82, 2.24) is 0 Å². The van der Waals surface area contributed by atoms with Gasteiger partial charge in [-0.2, -0.15) is 11.3 Å². The van der Waals surface area contributed by atoms with Crippen molar-refractivity contribution in [2.75, 3.05) is 0 Å². The smallest absolute Gasteiger partial charge is 0.151 e. The highest BCUT2D eigenvalue weighted by Gasteiger charge is 2.11. The SMILES string of the molecule is N=C(N)SCc1cc(F)ccc1Sc1cscc1CSC(=N)N. The molecule has 0 radical (unpaired) electrons. The highest BCUT2D eigenvalue weighted by Crippen LogP contribution is 2.37. The van der Waals surface area contributed by atoms with Gasteiger partial charge in [-0.3, -0.25) is 10.8 Å². The number of rotatable bonds is 6. The van der Waals surface area contributed by atoms with Crippen molar-refractivity contribution in [3.63, 3.8) is 0 Å². The summed E-state index contributed by atoms with van der Waals surface area (Å²) in [5.41, 5.74) is 12.7. The number of amidine groups is 2. The van der Waals surface area contributed by atoms with E-state index in [4.69, 9.17) is 22.3 Å². The molecule has 0 fully saturated rings. The Morgan fingerprint density at radius 2 is 1.65 bits per heavy atom. The summed E-state index contributed by atoms with van der Waals surface area (Å²) in [5, 5.41) is 18.8. The van der Waals surface area contributed by atoms with Gasteiger partial charge in [0.05, 0.1) is 0 Å². The van der Waals surface area contributed by atoms with Crippen molar-refractivity contribution in [2.24, 2.45) is 11.5 Å². The molecule has 6 N–H and O–H groups in total. The van der Waals surface area contributed by atoms with E-state index in [1.165, 1.54) is 35.7 Å². The van der Waals surface area contributed by atoms with E-state index in [1.54, 1.807) is 29.2 Å². The number of hydrogen-bond acceptors (Lipinski definition) is 6. The number of hydrogen-bond donors (Lipinski definition) is 4. The van der Waals surface area contributed by atoms with Crippen molar-refractivity contribution in [3.8, 4) is 0 Å². The van der Waals surface area contributed by atoms with Crippen LogP contribution in [0.25, 0.3) is 0 Å². The fourth-order valence-corrected chi connectivity index (χ4v) is 5.13. The molecule has 1 heterocycles. The van der Waals surface area contributed by atoms with Gasteiger partial charge in [0.2, 0.25) is 0 Å². The number of thiophene rings is 1. The van der Waals surface area contributed by atoms with Gasteiger partial charge < -0.3 is 11.5 Å². The maximum Gasteiger partial charge on any atom is 0.151 e. The number of nitrogens with two attached hydrogens (primary N) is 2. The van der Waals surface area contributed by atoms with Gasteiger partial charge in [0.1, 0.15) is 5.82 Å². The van der Waals surface area contributed by atoms with Crippen molar-refractivity contribution in [3.05, 3.63) is 45.9 Å². The average Bonchev–Trinajstić information content (AvgIpc) is 2.92. The van der Waals surface area contributed by atoms with Crippen LogP contribution in [-0.4, -0.2) is 10.3 Å². The molecule has 23 heavy (non-hydrogen) atoms. The van der Waals surface area contributed by atoms with Crippen LogP contribution in [0.15, 0.2) is 38.8 Å². The second kappa shape index (κ2) is 8.62. The van der Waals surface area contributed by atoms with Crippen molar-refractivity contribution in [1.29, 1.82) is 10.8 Å². The van der Waals surface area contributed by atoms with E-state index in [-0.39, 0.29) is 16.2 Å². The number of nitrogens with one attached hydrogen (secondary N) is 2. The largest absolute Gasteiger partial charge is 0.379 e. The molecule has 1 aromatic carbocycles. The second-order valence-corrected chi connectivity index (χ2v) is 8.28. The van der Waals surface area contributed by atoms with Crippen LogP contribution in [0.3, 0.4) is 0 Å². The van der Waals surface area contributed by atoms with Gasteiger partial charge in [-0.25, -0.2) is 4.39 Å². The molecule has 1 aromatic heterocycles. The Balaban J connectivity index is 2.18. The molecule has 0 aliphatic heterocycles. The lowest BCUT2D eigenvalue weighted by Crippen LogP contribution is -2.04. The van der Waals surface area contributed by atoms with Crippen molar-refractivity contribution < 1.29 is 4.39 Å². The minimum absolute atomic E-state index is 0.0132. The molecule has 2 rings (SSSR count). The molecule has 0 spiro atoms. The third-order valence-corrected chi connectivity index (χ3v) is 6.40. The van der Waals surface area contributed by atoms with Gasteiger partial charge in [-0.05, 0) is 34.7 Å². The number of benzene rings is 1. The third kappa shape index (κ3) is 5.76. The lowest BCUT2D eigenvalue weighted by molar-refractivity contribution is 0.625. The number of halogens is 1. The molecule has 0 amide bonds. The van der Waals surface area contributed by atoms with Gasteiger partial charge in [-0.1, -0.05) is 35.3 Å². The average molecular weight is 387 g/mol. The normalized spacial score (nSPS) is 10.7. The second-order valence-electron chi connectivity index (χ2n) is 4.42. The van der Waals surface area contributed by atoms with Crippen LogP contribution in [0.4, 0.5) is 4.39 Å². The van der Waals surface area contributed by atoms with E-state index in [9.17, 15) is 4.39 Å². The van der Waals surface area contributed by atoms with Gasteiger partial charge in [0, 0.05) is 26.7 Å². The predicted octanol–water partition coefficient (Wildman–Crippen LogP) is 4.29. The first-order chi connectivity index (χ1) is 11.0. The standard InChI is InChI=1S/C14H15FN4S4/c15-10-1-2-11(8(3-10)5-21-13(16)17)23-12-7-20-4-9(12)6-22-14(18)19/h1-4,7H,5-6H2,(H3,16,17)(H3,18,19). The van der Waals surface area contributed by atoms with Crippen LogP contribution >= 0.6 is 46.6 Å². The third-order valence-electron chi connectivity index (χ3n) is 2.71. The maximum absolute atomic E-state index is 13.5. The molecule has 0 saturated carbocycles. The quantitative estimate of drug-likeness (QED) is 0.438. The van der Waals surface area contributed by atoms with Gasteiger partial charge in [0.25, 0.3) is 0 Å². The minimum atomic E-state index is -0.300. The number of thioether (sulfide) groups is 2. The summed E-state index contributed by atoms with van der Waals surface area (Å²) in [7, 11) is 0. The van der Waals surface area contributed by atoms with E-state index >= 15 is 0 Å². The summed E-state index contributed by atoms with van der Waals surface area (Å²) >= 11 is 5.59. The molecule has 0 aliphatic rings. The monoisotopic (exact) mass is 386 g/mol. The molecule has 0 atom stereocenters. The lowest BCUT2D eigenvalue weighted by atomic mass is 10.2. The summed E-state index contributed by atoms with van der Waals surface area (Å²) in [5.74, 6) is 0.794. The first kappa shape index (κ1) is 18.2. The van der Waals surface area contributed by atoms with Gasteiger partial charge in [-0.15, -0.1) is 0 Å².